The molecule has 0 unspecified atom stereocenters. The van der Waals surface area contributed by atoms with Crippen molar-refractivity contribution in [2.24, 2.45) is 0 Å². The molecule has 0 saturated carbocycles. The van der Waals surface area contributed by atoms with E-state index in [2.05, 4.69) is 0 Å². The monoisotopic (exact) mass is 389 g/mol. The quantitative estimate of drug-likeness (QED) is 0.285. The van der Waals surface area contributed by atoms with Gasteiger partial charge < -0.3 is 0 Å². The summed E-state index contributed by atoms with van der Waals surface area (Å²) in [7, 11) is 11.2. The maximum absolute atomic E-state index is 10.2. The third kappa shape index (κ3) is 8.26. The Morgan fingerprint density at radius 2 is 2.18 bits per heavy atom. The number of carboxylic acid groups (broad SMARTS) is 1. The van der Waals surface area contributed by atoms with Crippen molar-refractivity contribution in [3.63, 3.8) is 0 Å². The van der Waals surface area contributed by atoms with Crippen LogP contribution < -0.4 is 0 Å². The number of ether oxygens (including phenoxy) is 1. The van der Waals surface area contributed by atoms with E-state index in [1.807, 2.05) is 12.2 Å². The summed E-state index contributed by atoms with van der Waals surface area (Å²) >= 11 is -2.46. The number of carboxylic acids is 1. The van der Waals surface area contributed by atoms with Crippen LogP contribution in [0.2, 0.25) is 0 Å². The Kier molecular flexibility index (Phi) is 7.86. The van der Waals surface area contributed by atoms with Gasteiger partial charge in [0, 0.05) is 0 Å². The van der Waals surface area contributed by atoms with Gasteiger partial charge in [-0.2, -0.15) is 0 Å². The molecule has 96 valence electrons. The number of allylic oxidation sites excluding steroid dienone is 1. The summed E-state index contributed by atoms with van der Waals surface area (Å²) in [5.74, 6) is -0.747. The second kappa shape index (κ2) is 8.58. The molecular weight excluding hydrogens is 374 g/mol. The second-order valence-electron chi connectivity index (χ2n) is 3.74. The van der Waals surface area contributed by atoms with Crippen molar-refractivity contribution in [1.82, 2.24) is 0 Å². The molecule has 0 amide bonds. The average Bonchev–Trinajstić information content (AvgIpc) is 2.98. The standard InChI is InChI=1S/C10H15O4.2ClH.Sn/c11-7-9-8(14-9)5-3-1-2-4-6-10(12)13;;;/h1,3,8-9H,2,4-7H2,(H,12,13);2*1H;/q-1;;;+4/p-2/b3-1+;;;/t8-,9-;;;/m0.../s1. The topological polar surface area (TPSA) is 59.1 Å². The molecule has 1 N–H and O–H groups in total. The third-order valence-corrected chi connectivity index (χ3v) is 4.90. The van der Waals surface area contributed by atoms with Gasteiger partial charge in [-0.25, -0.2) is 0 Å². The molecule has 1 aliphatic rings. The van der Waals surface area contributed by atoms with Gasteiger partial charge in [0.05, 0.1) is 0 Å². The predicted octanol–water partition coefficient (Wildman–Crippen LogP) is 2.43. The summed E-state index contributed by atoms with van der Waals surface area (Å²) in [5, 5.41) is 8.43. The Morgan fingerprint density at radius 1 is 1.41 bits per heavy atom. The van der Waals surface area contributed by atoms with Crippen molar-refractivity contribution in [2.45, 2.75) is 37.9 Å². The molecule has 0 spiro atoms. The minimum absolute atomic E-state index is 0.131. The summed E-state index contributed by atoms with van der Waals surface area (Å²) in [5.41, 5.74) is 0. The molecule has 4 nitrogen and oxygen atoms in total. The summed E-state index contributed by atoms with van der Waals surface area (Å²) in [6.45, 7) is 0.499. The van der Waals surface area contributed by atoms with E-state index < -0.39 is 23.9 Å². The fraction of sp³-hybridized carbons (Fsp3) is 0.700. The zero-order valence-corrected chi connectivity index (χ0v) is 13.6. The number of carbonyl (C=O) groups is 1. The molecule has 0 aromatic heterocycles. The maximum atomic E-state index is 10.2. The molecule has 0 aromatic rings. The summed E-state index contributed by atoms with van der Waals surface area (Å²) in [6.07, 6.45) is 6.89. The first-order valence-electron chi connectivity index (χ1n) is 5.42. The molecule has 0 bridgehead atoms. The van der Waals surface area contributed by atoms with Crippen LogP contribution in [0.1, 0.15) is 25.7 Å². The van der Waals surface area contributed by atoms with Crippen molar-refractivity contribution < 1.29 is 17.7 Å². The van der Waals surface area contributed by atoms with Crippen molar-refractivity contribution in [3.05, 3.63) is 12.2 Å². The fourth-order valence-corrected chi connectivity index (χ4v) is 3.07. The van der Waals surface area contributed by atoms with Crippen LogP contribution in [0.15, 0.2) is 12.2 Å². The Bertz CT molecular complexity index is 273. The van der Waals surface area contributed by atoms with Gasteiger partial charge in [-0.15, -0.1) is 0 Å². The molecule has 1 saturated heterocycles. The van der Waals surface area contributed by atoms with Crippen LogP contribution in [-0.2, 0) is 12.6 Å². The minimum atomic E-state index is -2.46. The third-order valence-electron chi connectivity index (χ3n) is 2.34. The summed E-state index contributed by atoms with van der Waals surface area (Å²) < 4.78 is 10.5. The molecule has 2 atom stereocenters. The van der Waals surface area contributed by atoms with Gasteiger partial charge in [0.25, 0.3) is 0 Å². The van der Waals surface area contributed by atoms with E-state index in [0.29, 0.717) is 13.0 Å². The normalized spacial score (nSPS) is 22.9. The zero-order chi connectivity index (χ0) is 12.7. The van der Waals surface area contributed by atoms with Gasteiger partial charge in [0.1, 0.15) is 0 Å². The fourth-order valence-electron chi connectivity index (χ4n) is 1.40. The molecule has 7 heteroatoms. The molecule has 0 aliphatic carbocycles. The van der Waals surface area contributed by atoms with E-state index in [0.717, 1.165) is 12.8 Å². The SMILES string of the molecule is O=C(O)CCC/C=C/C[C@@H]1O[C@H]1C[O][Sn+]([Cl])[Cl]. The number of rotatable bonds is 9. The van der Waals surface area contributed by atoms with E-state index in [1.165, 1.54) is 0 Å². The van der Waals surface area contributed by atoms with Crippen molar-refractivity contribution in [3.8, 4) is 0 Å². The van der Waals surface area contributed by atoms with E-state index in [4.69, 9.17) is 30.8 Å². The number of hydrogen-bond acceptors (Lipinski definition) is 3. The average molecular weight is 389 g/mol. The molecule has 0 aromatic carbocycles. The number of hydrogen-bond donors (Lipinski definition) is 1. The van der Waals surface area contributed by atoms with Crippen LogP contribution in [-0.4, -0.2) is 47.8 Å². The number of unbranched alkanes of at least 4 members (excludes halogenated alkanes) is 1. The van der Waals surface area contributed by atoms with Gasteiger partial charge in [-0.05, 0) is 0 Å². The van der Waals surface area contributed by atoms with Crippen LogP contribution in [0.4, 0.5) is 0 Å². The van der Waals surface area contributed by atoms with E-state index >= 15 is 0 Å². The van der Waals surface area contributed by atoms with Crippen LogP contribution in [0, 0.1) is 0 Å². The Hall–Kier alpha value is 0.509. The Balaban J connectivity index is 1.94. The Morgan fingerprint density at radius 3 is 2.82 bits per heavy atom. The number of halogens is 2. The molecule has 1 aliphatic heterocycles. The van der Waals surface area contributed by atoms with E-state index in [1.54, 1.807) is 0 Å². The number of epoxide rings is 1. The van der Waals surface area contributed by atoms with Crippen LogP contribution in [0.3, 0.4) is 0 Å². The summed E-state index contributed by atoms with van der Waals surface area (Å²) in [6, 6.07) is 0. The van der Waals surface area contributed by atoms with Gasteiger partial charge in [0.2, 0.25) is 0 Å². The van der Waals surface area contributed by atoms with Gasteiger partial charge in [-0.1, -0.05) is 0 Å². The first-order chi connectivity index (χ1) is 8.09. The molecule has 1 rings (SSSR count). The number of aliphatic carboxylic acids is 1. The van der Waals surface area contributed by atoms with Gasteiger partial charge >= 0.3 is 116 Å². The van der Waals surface area contributed by atoms with Crippen LogP contribution >= 0.6 is 17.8 Å². The predicted molar refractivity (Wildman–Crippen MR) is 67.3 cm³/mol. The summed E-state index contributed by atoms with van der Waals surface area (Å²) in [4.78, 5) is 10.2. The van der Waals surface area contributed by atoms with Crippen LogP contribution in [0.25, 0.3) is 0 Å². The molecule has 0 radical (unpaired) electrons. The van der Waals surface area contributed by atoms with Crippen molar-refractivity contribution >= 4 is 41.7 Å². The zero-order valence-electron chi connectivity index (χ0n) is 9.27. The molecule has 1 fully saturated rings. The van der Waals surface area contributed by atoms with Gasteiger partial charge in [-0.3, -0.25) is 0 Å². The molecule has 1 heterocycles. The molecular formula is C10H15Cl2O4Sn+. The Labute approximate surface area is 116 Å². The van der Waals surface area contributed by atoms with E-state index in [-0.39, 0.29) is 18.6 Å². The van der Waals surface area contributed by atoms with Crippen molar-refractivity contribution in [1.29, 1.82) is 0 Å². The van der Waals surface area contributed by atoms with Crippen molar-refractivity contribution in [2.75, 3.05) is 6.61 Å². The first-order valence-corrected chi connectivity index (χ1v) is 13.8. The molecule has 17 heavy (non-hydrogen) atoms. The second-order valence-corrected chi connectivity index (χ2v) is 11.8. The van der Waals surface area contributed by atoms with Crippen LogP contribution in [0.5, 0.6) is 0 Å². The van der Waals surface area contributed by atoms with E-state index in [9.17, 15) is 4.79 Å². The first kappa shape index (κ1) is 15.6. The van der Waals surface area contributed by atoms with Gasteiger partial charge in [0.15, 0.2) is 0 Å².